The molecule has 1 saturated heterocycles. The Balaban J connectivity index is 1.59. The molecule has 132 valence electrons. The molecule has 2 amide bonds. The maximum atomic E-state index is 12.3. The van der Waals surface area contributed by atoms with Crippen LogP contribution < -0.4 is 10.2 Å². The van der Waals surface area contributed by atoms with Crippen LogP contribution in [0.4, 0.5) is 5.13 Å². The third kappa shape index (κ3) is 4.32. The Hall–Kier alpha value is -1.63. The summed E-state index contributed by atoms with van der Waals surface area (Å²) in [6, 6.07) is 5.09. The van der Waals surface area contributed by atoms with E-state index in [0.717, 1.165) is 12.0 Å². The SMILES string of the molecule is CC(NC(=O)Cc1csc(N2CCCC2=O)n1)c1ccc(Cl)c(Cl)c1. The molecule has 0 saturated carbocycles. The van der Waals surface area contributed by atoms with E-state index in [4.69, 9.17) is 23.2 Å². The number of rotatable bonds is 5. The van der Waals surface area contributed by atoms with Gasteiger partial charge >= 0.3 is 0 Å². The van der Waals surface area contributed by atoms with Gasteiger partial charge in [-0.1, -0.05) is 29.3 Å². The first-order valence-electron chi connectivity index (χ1n) is 7.93. The quantitative estimate of drug-likeness (QED) is 0.828. The van der Waals surface area contributed by atoms with Gasteiger partial charge in [-0.3, -0.25) is 14.5 Å². The molecule has 1 fully saturated rings. The van der Waals surface area contributed by atoms with E-state index in [-0.39, 0.29) is 24.3 Å². The van der Waals surface area contributed by atoms with Gasteiger partial charge in [-0.05, 0) is 31.0 Å². The standard InChI is InChI=1S/C17H17Cl2N3O2S/c1-10(11-4-5-13(18)14(19)7-11)20-15(23)8-12-9-25-17(21-12)22-6-2-3-16(22)24/h4-5,7,9-10H,2-3,6,8H2,1H3,(H,20,23). The predicted octanol–water partition coefficient (Wildman–Crippen LogP) is 4.00. The number of carbonyl (C=O) groups is 2. The summed E-state index contributed by atoms with van der Waals surface area (Å²) in [6.45, 7) is 2.58. The molecule has 1 atom stereocenters. The normalized spacial score (nSPS) is 15.5. The number of anilines is 1. The fourth-order valence-electron chi connectivity index (χ4n) is 2.67. The molecule has 5 nitrogen and oxygen atoms in total. The zero-order valence-corrected chi connectivity index (χ0v) is 15.9. The van der Waals surface area contributed by atoms with Gasteiger partial charge < -0.3 is 5.32 Å². The number of thiazole rings is 1. The lowest BCUT2D eigenvalue weighted by Gasteiger charge is -2.14. The van der Waals surface area contributed by atoms with Crippen LogP contribution in [-0.4, -0.2) is 23.3 Å². The summed E-state index contributed by atoms with van der Waals surface area (Å²) >= 11 is 13.3. The second-order valence-electron chi connectivity index (χ2n) is 5.91. The molecule has 2 heterocycles. The first-order chi connectivity index (χ1) is 11.9. The number of nitrogens with one attached hydrogen (secondary N) is 1. The van der Waals surface area contributed by atoms with Crippen molar-refractivity contribution in [3.8, 4) is 0 Å². The van der Waals surface area contributed by atoms with Gasteiger partial charge in [0.25, 0.3) is 0 Å². The van der Waals surface area contributed by atoms with Gasteiger partial charge in [0.15, 0.2) is 5.13 Å². The fourth-order valence-corrected chi connectivity index (χ4v) is 3.85. The van der Waals surface area contributed by atoms with E-state index in [2.05, 4.69) is 10.3 Å². The highest BCUT2D eigenvalue weighted by Gasteiger charge is 2.24. The Morgan fingerprint density at radius 2 is 2.20 bits per heavy atom. The summed E-state index contributed by atoms with van der Waals surface area (Å²) in [5.41, 5.74) is 1.54. The largest absolute Gasteiger partial charge is 0.349 e. The fraction of sp³-hybridized carbons (Fsp3) is 0.353. The van der Waals surface area contributed by atoms with Crippen molar-refractivity contribution in [2.24, 2.45) is 0 Å². The average Bonchev–Trinajstić information content (AvgIpc) is 3.18. The zero-order chi connectivity index (χ0) is 18.0. The molecular formula is C17H17Cl2N3O2S. The van der Waals surface area contributed by atoms with Gasteiger partial charge in [0.05, 0.1) is 28.2 Å². The average molecular weight is 398 g/mol. The first-order valence-corrected chi connectivity index (χ1v) is 9.56. The van der Waals surface area contributed by atoms with Crippen LogP contribution in [0.15, 0.2) is 23.6 Å². The summed E-state index contributed by atoms with van der Waals surface area (Å²) in [5.74, 6) is -0.0400. The number of amides is 2. The van der Waals surface area contributed by atoms with E-state index < -0.39 is 0 Å². The third-order valence-electron chi connectivity index (χ3n) is 4.01. The minimum Gasteiger partial charge on any atom is -0.349 e. The smallest absolute Gasteiger partial charge is 0.228 e. The minimum absolute atomic E-state index is 0.0959. The lowest BCUT2D eigenvalue weighted by Crippen LogP contribution is -2.28. The Bertz CT molecular complexity index is 809. The molecule has 1 aliphatic rings. The topological polar surface area (TPSA) is 62.3 Å². The van der Waals surface area contributed by atoms with E-state index in [1.165, 1.54) is 11.3 Å². The number of halogens is 2. The summed E-state index contributed by atoms with van der Waals surface area (Å²) in [6.07, 6.45) is 1.59. The second kappa shape index (κ2) is 7.72. The highest BCUT2D eigenvalue weighted by atomic mass is 35.5. The zero-order valence-electron chi connectivity index (χ0n) is 13.6. The van der Waals surface area contributed by atoms with Crippen molar-refractivity contribution in [1.29, 1.82) is 0 Å². The van der Waals surface area contributed by atoms with E-state index in [0.29, 0.717) is 33.8 Å². The van der Waals surface area contributed by atoms with E-state index in [1.807, 2.05) is 18.4 Å². The van der Waals surface area contributed by atoms with E-state index in [1.54, 1.807) is 17.0 Å². The van der Waals surface area contributed by atoms with Crippen molar-refractivity contribution in [1.82, 2.24) is 10.3 Å². The lowest BCUT2D eigenvalue weighted by molar-refractivity contribution is -0.121. The summed E-state index contributed by atoms with van der Waals surface area (Å²) in [4.78, 5) is 30.1. The number of aromatic nitrogens is 1. The van der Waals surface area contributed by atoms with Gasteiger partial charge in [-0.2, -0.15) is 0 Å². The summed E-state index contributed by atoms with van der Waals surface area (Å²) < 4.78 is 0. The van der Waals surface area contributed by atoms with Gasteiger partial charge in [-0.15, -0.1) is 11.3 Å². The summed E-state index contributed by atoms with van der Waals surface area (Å²) in [5, 5.41) is 6.36. The molecular weight excluding hydrogens is 381 g/mol. The highest BCUT2D eigenvalue weighted by Crippen LogP contribution is 2.27. The van der Waals surface area contributed by atoms with Crippen molar-refractivity contribution in [3.63, 3.8) is 0 Å². The molecule has 0 spiro atoms. The number of benzene rings is 1. The van der Waals surface area contributed by atoms with E-state index in [9.17, 15) is 9.59 Å². The monoisotopic (exact) mass is 397 g/mol. The van der Waals surface area contributed by atoms with Crippen LogP contribution in [0.5, 0.6) is 0 Å². The van der Waals surface area contributed by atoms with Gasteiger partial charge in [0.1, 0.15) is 0 Å². The maximum Gasteiger partial charge on any atom is 0.228 e. The molecule has 1 unspecified atom stereocenters. The molecule has 3 rings (SSSR count). The van der Waals surface area contributed by atoms with Crippen molar-refractivity contribution < 1.29 is 9.59 Å². The van der Waals surface area contributed by atoms with Gasteiger partial charge in [-0.25, -0.2) is 4.98 Å². The molecule has 25 heavy (non-hydrogen) atoms. The predicted molar refractivity (Wildman–Crippen MR) is 100 cm³/mol. The molecule has 0 radical (unpaired) electrons. The molecule has 0 aliphatic carbocycles. The molecule has 1 aliphatic heterocycles. The van der Waals surface area contributed by atoms with Crippen LogP contribution in [0.25, 0.3) is 0 Å². The third-order valence-corrected chi connectivity index (χ3v) is 5.66. The van der Waals surface area contributed by atoms with Crippen LogP contribution in [-0.2, 0) is 16.0 Å². The molecule has 8 heteroatoms. The lowest BCUT2D eigenvalue weighted by atomic mass is 10.1. The van der Waals surface area contributed by atoms with Crippen LogP contribution >= 0.6 is 34.5 Å². The van der Waals surface area contributed by atoms with Crippen molar-refractivity contribution in [2.45, 2.75) is 32.2 Å². The van der Waals surface area contributed by atoms with Crippen molar-refractivity contribution in [3.05, 3.63) is 44.9 Å². The highest BCUT2D eigenvalue weighted by molar-refractivity contribution is 7.14. The summed E-state index contributed by atoms with van der Waals surface area (Å²) in [7, 11) is 0. The number of nitrogens with zero attached hydrogens (tertiary/aromatic N) is 2. The Kier molecular flexibility index (Phi) is 5.61. The molecule has 2 aromatic rings. The first kappa shape index (κ1) is 18.2. The molecule has 0 bridgehead atoms. The number of hydrogen-bond acceptors (Lipinski definition) is 4. The van der Waals surface area contributed by atoms with Crippen molar-refractivity contribution >= 4 is 51.5 Å². The maximum absolute atomic E-state index is 12.3. The Morgan fingerprint density at radius 1 is 1.40 bits per heavy atom. The Labute approximate surface area is 160 Å². The number of hydrogen-bond donors (Lipinski definition) is 1. The van der Waals surface area contributed by atoms with Crippen LogP contribution in [0.1, 0.15) is 37.1 Å². The van der Waals surface area contributed by atoms with Crippen LogP contribution in [0.2, 0.25) is 10.0 Å². The van der Waals surface area contributed by atoms with Gasteiger partial charge in [0, 0.05) is 18.3 Å². The van der Waals surface area contributed by atoms with E-state index >= 15 is 0 Å². The Morgan fingerprint density at radius 3 is 2.88 bits per heavy atom. The molecule has 1 N–H and O–H groups in total. The molecule has 1 aromatic carbocycles. The van der Waals surface area contributed by atoms with Crippen molar-refractivity contribution in [2.75, 3.05) is 11.4 Å². The van der Waals surface area contributed by atoms with Crippen LogP contribution in [0, 0.1) is 0 Å². The number of carbonyl (C=O) groups excluding carboxylic acids is 2. The van der Waals surface area contributed by atoms with Crippen LogP contribution in [0.3, 0.4) is 0 Å². The minimum atomic E-state index is -0.194. The second-order valence-corrected chi connectivity index (χ2v) is 7.56. The molecule has 1 aromatic heterocycles. The van der Waals surface area contributed by atoms with Gasteiger partial charge in [0.2, 0.25) is 11.8 Å².